The van der Waals surface area contributed by atoms with E-state index in [0.717, 1.165) is 22.6 Å². The van der Waals surface area contributed by atoms with E-state index >= 15 is 0 Å². The van der Waals surface area contributed by atoms with E-state index in [9.17, 15) is 14.4 Å². The first-order valence-corrected chi connectivity index (χ1v) is 11.6. The Hall–Kier alpha value is -4.33. The molecular weight excluding hydrogens is 458 g/mol. The Bertz CT molecular complexity index is 1470. The summed E-state index contributed by atoms with van der Waals surface area (Å²) in [4.78, 5) is 38.7. The molecule has 0 spiro atoms. The number of hydrogen-bond acceptors (Lipinski definition) is 5. The third-order valence-corrected chi connectivity index (χ3v) is 6.35. The highest BCUT2D eigenvalue weighted by Crippen LogP contribution is 2.23. The van der Waals surface area contributed by atoms with E-state index in [1.165, 1.54) is 0 Å². The Morgan fingerprint density at radius 2 is 1.58 bits per heavy atom. The van der Waals surface area contributed by atoms with Crippen LogP contribution in [0, 0.1) is 20.8 Å². The predicted octanol–water partition coefficient (Wildman–Crippen LogP) is 3.87. The first-order valence-electron chi connectivity index (χ1n) is 11.6. The molecule has 2 aromatic carbocycles. The van der Waals surface area contributed by atoms with Crippen molar-refractivity contribution in [1.82, 2.24) is 13.9 Å². The normalized spacial score (nSPS) is 10.9. The number of ketones is 1. The SMILES string of the molecule is COc1ccc(CC(=O)OCC(=O)c2cc(C)n(-c3c(C)n(C)n(-c4ccccc4)c3=O)c2C)cc1. The van der Waals surface area contributed by atoms with E-state index in [4.69, 9.17) is 9.47 Å². The molecule has 0 unspecified atom stereocenters. The van der Waals surface area contributed by atoms with Crippen molar-refractivity contribution in [2.45, 2.75) is 27.2 Å². The van der Waals surface area contributed by atoms with Crippen LogP contribution in [0.5, 0.6) is 5.75 Å². The third kappa shape index (κ3) is 4.62. The second-order valence-electron chi connectivity index (χ2n) is 8.64. The summed E-state index contributed by atoms with van der Waals surface area (Å²) < 4.78 is 15.6. The van der Waals surface area contributed by atoms with E-state index in [0.29, 0.717) is 22.7 Å². The van der Waals surface area contributed by atoms with Gasteiger partial charge in [0.1, 0.15) is 11.4 Å². The molecule has 0 aliphatic heterocycles. The summed E-state index contributed by atoms with van der Waals surface area (Å²) >= 11 is 0. The first kappa shape index (κ1) is 24.8. The second-order valence-corrected chi connectivity index (χ2v) is 8.64. The summed E-state index contributed by atoms with van der Waals surface area (Å²) in [5, 5.41) is 0. The molecule has 0 N–H and O–H groups in total. The number of ether oxygens (including phenoxy) is 2. The van der Waals surface area contributed by atoms with Crippen LogP contribution in [0.25, 0.3) is 11.4 Å². The van der Waals surface area contributed by atoms with Gasteiger partial charge in [0.25, 0.3) is 5.56 Å². The summed E-state index contributed by atoms with van der Waals surface area (Å²) in [5.74, 6) is -0.122. The summed E-state index contributed by atoms with van der Waals surface area (Å²) in [5.41, 5.74) is 4.35. The summed E-state index contributed by atoms with van der Waals surface area (Å²) in [7, 11) is 3.40. The standard InChI is InChI=1S/C28H29N3O5/c1-18-15-24(25(32)17-36-26(33)16-21-11-13-23(35-5)14-12-21)19(2)30(18)27-20(3)29(4)31(28(27)34)22-9-7-6-8-10-22/h6-15H,16-17H2,1-5H3. The van der Waals surface area contributed by atoms with Crippen LogP contribution >= 0.6 is 0 Å². The lowest BCUT2D eigenvalue weighted by Gasteiger charge is -2.09. The van der Waals surface area contributed by atoms with Gasteiger partial charge in [0.05, 0.1) is 24.9 Å². The molecule has 0 aliphatic carbocycles. The minimum atomic E-state index is -0.494. The molecule has 8 heteroatoms. The number of Topliss-reactive ketones (excluding diaryl/α,β-unsaturated/α-hetero) is 1. The van der Waals surface area contributed by atoms with E-state index in [1.807, 2.05) is 51.2 Å². The smallest absolute Gasteiger partial charge is 0.310 e. The molecule has 2 aromatic heterocycles. The highest BCUT2D eigenvalue weighted by molar-refractivity contribution is 5.99. The molecule has 0 bridgehead atoms. The van der Waals surface area contributed by atoms with Gasteiger partial charge in [-0.25, -0.2) is 4.68 Å². The molecule has 8 nitrogen and oxygen atoms in total. The number of esters is 1. The second kappa shape index (κ2) is 10.1. The number of para-hydroxylation sites is 1. The van der Waals surface area contributed by atoms with Crippen molar-refractivity contribution in [3.05, 3.63) is 99.2 Å². The van der Waals surface area contributed by atoms with Gasteiger partial charge < -0.3 is 14.0 Å². The largest absolute Gasteiger partial charge is 0.497 e. The van der Waals surface area contributed by atoms with Gasteiger partial charge in [0, 0.05) is 24.0 Å². The van der Waals surface area contributed by atoms with Crippen molar-refractivity contribution >= 4 is 11.8 Å². The fourth-order valence-corrected chi connectivity index (χ4v) is 4.39. The van der Waals surface area contributed by atoms with E-state index in [2.05, 4.69) is 0 Å². The number of carbonyl (C=O) groups excluding carboxylic acids is 2. The molecule has 4 aromatic rings. The fraction of sp³-hybridized carbons (Fsp3) is 0.250. The highest BCUT2D eigenvalue weighted by Gasteiger charge is 2.24. The van der Waals surface area contributed by atoms with Crippen molar-refractivity contribution in [2.75, 3.05) is 13.7 Å². The topological polar surface area (TPSA) is 84.5 Å². The van der Waals surface area contributed by atoms with Crippen molar-refractivity contribution in [1.29, 1.82) is 0 Å². The number of aryl methyl sites for hydroxylation is 1. The van der Waals surface area contributed by atoms with E-state index < -0.39 is 5.97 Å². The molecule has 2 heterocycles. The molecular formula is C28H29N3O5. The van der Waals surface area contributed by atoms with E-state index in [1.54, 1.807) is 58.3 Å². The lowest BCUT2D eigenvalue weighted by Crippen LogP contribution is -2.22. The van der Waals surface area contributed by atoms with Crippen molar-refractivity contribution in [3.63, 3.8) is 0 Å². The van der Waals surface area contributed by atoms with Crippen LogP contribution in [-0.4, -0.2) is 39.4 Å². The fourth-order valence-electron chi connectivity index (χ4n) is 4.39. The first-order chi connectivity index (χ1) is 17.2. The molecule has 0 saturated heterocycles. The number of aromatic nitrogens is 3. The molecule has 0 saturated carbocycles. The van der Waals surface area contributed by atoms with Crippen molar-refractivity contribution in [3.8, 4) is 17.1 Å². The Morgan fingerprint density at radius 1 is 0.917 bits per heavy atom. The predicted molar refractivity (Wildman–Crippen MR) is 137 cm³/mol. The lowest BCUT2D eigenvalue weighted by molar-refractivity contribution is -0.141. The maximum atomic E-state index is 13.5. The lowest BCUT2D eigenvalue weighted by atomic mass is 10.1. The summed E-state index contributed by atoms with van der Waals surface area (Å²) in [6.45, 7) is 5.13. The monoisotopic (exact) mass is 487 g/mol. The summed E-state index contributed by atoms with van der Waals surface area (Å²) in [6, 6.07) is 18.2. The summed E-state index contributed by atoms with van der Waals surface area (Å²) in [6.07, 6.45) is 0.0541. The number of methoxy groups -OCH3 is 1. The molecule has 0 radical (unpaired) electrons. The molecule has 186 valence electrons. The van der Waals surface area contributed by atoms with Gasteiger partial charge in [-0.15, -0.1) is 0 Å². The molecule has 0 aliphatic rings. The minimum absolute atomic E-state index is 0.0541. The zero-order valence-corrected chi connectivity index (χ0v) is 21.1. The molecule has 4 rings (SSSR count). The van der Waals surface area contributed by atoms with Gasteiger partial charge in [-0.3, -0.25) is 19.1 Å². The van der Waals surface area contributed by atoms with Gasteiger partial charge in [-0.1, -0.05) is 30.3 Å². The zero-order valence-electron chi connectivity index (χ0n) is 21.1. The van der Waals surface area contributed by atoms with Gasteiger partial charge in [-0.2, -0.15) is 0 Å². The van der Waals surface area contributed by atoms with Gasteiger partial charge >= 0.3 is 5.97 Å². The molecule has 36 heavy (non-hydrogen) atoms. The number of benzene rings is 2. The zero-order chi connectivity index (χ0) is 26.0. The van der Waals surface area contributed by atoms with Crippen LogP contribution in [-0.2, 0) is 23.0 Å². The minimum Gasteiger partial charge on any atom is -0.497 e. The highest BCUT2D eigenvalue weighted by atomic mass is 16.5. The molecule has 0 atom stereocenters. The number of hydrogen-bond donors (Lipinski definition) is 0. The van der Waals surface area contributed by atoms with Crippen molar-refractivity contribution in [2.24, 2.45) is 7.05 Å². The quantitative estimate of drug-likeness (QED) is 0.278. The van der Waals surface area contributed by atoms with Crippen LogP contribution in [0.1, 0.15) is 33.0 Å². The number of carbonyl (C=O) groups is 2. The Morgan fingerprint density at radius 3 is 2.22 bits per heavy atom. The van der Waals surface area contributed by atoms with E-state index in [-0.39, 0.29) is 24.4 Å². The Labute approximate surface area is 209 Å². The number of rotatable bonds is 8. The average Bonchev–Trinajstić information content (AvgIpc) is 3.28. The molecule has 0 amide bonds. The van der Waals surface area contributed by atoms with Crippen LogP contribution in [0.3, 0.4) is 0 Å². The Balaban J connectivity index is 1.55. The average molecular weight is 488 g/mol. The Kier molecular flexibility index (Phi) is 6.96. The van der Waals surface area contributed by atoms with Crippen LogP contribution in [0.4, 0.5) is 0 Å². The molecule has 0 fully saturated rings. The van der Waals surface area contributed by atoms with Gasteiger partial charge in [0.15, 0.2) is 6.61 Å². The van der Waals surface area contributed by atoms with Crippen LogP contribution < -0.4 is 10.3 Å². The van der Waals surface area contributed by atoms with Crippen LogP contribution in [0.15, 0.2) is 65.5 Å². The van der Waals surface area contributed by atoms with Gasteiger partial charge in [-0.05, 0) is 56.7 Å². The van der Waals surface area contributed by atoms with Gasteiger partial charge in [0.2, 0.25) is 5.78 Å². The van der Waals surface area contributed by atoms with Crippen molar-refractivity contribution < 1.29 is 19.1 Å². The van der Waals surface area contributed by atoms with Crippen LogP contribution in [0.2, 0.25) is 0 Å². The maximum Gasteiger partial charge on any atom is 0.310 e. The maximum absolute atomic E-state index is 13.5. The number of nitrogens with zero attached hydrogens (tertiary/aromatic N) is 3. The third-order valence-electron chi connectivity index (χ3n) is 6.35.